The van der Waals surface area contributed by atoms with Crippen LogP contribution in [0.4, 0.5) is 0 Å². The molecule has 0 radical (unpaired) electrons. The fourth-order valence-corrected chi connectivity index (χ4v) is 1.86. The second kappa shape index (κ2) is 6.09. The molecule has 0 aromatic carbocycles. The minimum absolute atomic E-state index is 0.229. The van der Waals surface area contributed by atoms with E-state index >= 15 is 0 Å². The van der Waals surface area contributed by atoms with Crippen LogP contribution in [-0.4, -0.2) is 24.6 Å². The number of nitrogens with one attached hydrogen (secondary N) is 1. The SMILES string of the molecule is CC(C)(CCC#N)CNN1CCCCC1. The van der Waals surface area contributed by atoms with Gasteiger partial charge in [-0.25, -0.2) is 5.01 Å². The molecule has 0 unspecified atom stereocenters. The van der Waals surface area contributed by atoms with Crippen molar-refractivity contribution in [1.82, 2.24) is 10.4 Å². The van der Waals surface area contributed by atoms with E-state index in [1.54, 1.807) is 0 Å². The minimum Gasteiger partial charge on any atom is -0.255 e. The second-order valence-corrected chi connectivity index (χ2v) is 5.20. The Hall–Kier alpha value is -0.590. The van der Waals surface area contributed by atoms with Gasteiger partial charge in [0.15, 0.2) is 0 Å². The third kappa shape index (κ3) is 5.15. The number of hydrazine groups is 1. The summed E-state index contributed by atoms with van der Waals surface area (Å²) in [5.74, 6) is 0. The monoisotopic (exact) mass is 209 g/mol. The molecular weight excluding hydrogens is 186 g/mol. The molecule has 0 spiro atoms. The van der Waals surface area contributed by atoms with Gasteiger partial charge in [-0.15, -0.1) is 0 Å². The van der Waals surface area contributed by atoms with E-state index in [2.05, 4.69) is 30.4 Å². The van der Waals surface area contributed by atoms with E-state index in [0.29, 0.717) is 6.42 Å². The van der Waals surface area contributed by atoms with Crippen molar-refractivity contribution in [2.45, 2.75) is 46.0 Å². The molecular formula is C12H23N3. The van der Waals surface area contributed by atoms with Crippen molar-refractivity contribution in [1.29, 1.82) is 5.26 Å². The molecule has 1 N–H and O–H groups in total. The molecule has 1 saturated heterocycles. The summed E-state index contributed by atoms with van der Waals surface area (Å²) in [7, 11) is 0. The van der Waals surface area contributed by atoms with Crippen LogP contribution in [0.5, 0.6) is 0 Å². The van der Waals surface area contributed by atoms with Crippen molar-refractivity contribution in [3.63, 3.8) is 0 Å². The van der Waals surface area contributed by atoms with E-state index in [9.17, 15) is 0 Å². The zero-order valence-corrected chi connectivity index (χ0v) is 10.1. The van der Waals surface area contributed by atoms with Gasteiger partial charge in [-0.2, -0.15) is 5.26 Å². The zero-order chi connectivity index (χ0) is 11.1. The summed E-state index contributed by atoms with van der Waals surface area (Å²) in [6.45, 7) is 7.78. The molecule has 3 heteroatoms. The molecule has 86 valence electrons. The van der Waals surface area contributed by atoms with Crippen LogP contribution in [0.25, 0.3) is 0 Å². The lowest BCUT2D eigenvalue weighted by Crippen LogP contribution is -2.45. The quantitative estimate of drug-likeness (QED) is 0.755. The summed E-state index contributed by atoms with van der Waals surface area (Å²) in [6, 6.07) is 2.22. The lowest BCUT2D eigenvalue weighted by Gasteiger charge is -2.32. The summed E-state index contributed by atoms with van der Waals surface area (Å²) in [4.78, 5) is 0. The van der Waals surface area contributed by atoms with E-state index in [4.69, 9.17) is 5.26 Å². The molecule has 0 aromatic rings. The third-order valence-electron chi connectivity index (χ3n) is 3.05. The number of hydrogen-bond donors (Lipinski definition) is 1. The Morgan fingerprint density at radius 2 is 1.93 bits per heavy atom. The number of hydrogen-bond acceptors (Lipinski definition) is 3. The topological polar surface area (TPSA) is 39.1 Å². The fourth-order valence-electron chi connectivity index (χ4n) is 1.86. The van der Waals surface area contributed by atoms with Crippen molar-refractivity contribution in [3.05, 3.63) is 0 Å². The Morgan fingerprint density at radius 3 is 2.53 bits per heavy atom. The van der Waals surface area contributed by atoms with Crippen LogP contribution in [0.3, 0.4) is 0 Å². The first-order valence-electron chi connectivity index (χ1n) is 5.99. The normalized spacial score (nSPS) is 18.7. The first kappa shape index (κ1) is 12.5. The molecule has 1 rings (SSSR count). The molecule has 3 nitrogen and oxygen atoms in total. The van der Waals surface area contributed by atoms with E-state index in [1.165, 1.54) is 32.4 Å². The molecule has 1 aliphatic rings. The highest BCUT2D eigenvalue weighted by atomic mass is 15.5. The van der Waals surface area contributed by atoms with Crippen LogP contribution in [0.2, 0.25) is 0 Å². The van der Waals surface area contributed by atoms with Crippen molar-refractivity contribution >= 4 is 0 Å². The smallest absolute Gasteiger partial charge is 0.0621 e. The molecule has 0 saturated carbocycles. The Balaban J connectivity index is 2.19. The van der Waals surface area contributed by atoms with Gasteiger partial charge in [-0.3, -0.25) is 5.43 Å². The van der Waals surface area contributed by atoms with E-state index in [-0.39, 0.29) is 5.41 Å². The predicted molar refractivity (Wildman–Crippen MR) is 62.1 cm³/mol. The van der Waals surface area contributed by atoms with Gasteiger partial charge in [0.25, 0.3) is 0 Å². The van der Waals surface area contributed by atoms with Gasteiger partial charge in [0.1, 0.15) is 0 Å². The Labute approximate surface area is 93.4 Å². The van der Waals surface area contributed by atoms with Gasteiger partial charge in [0.2, 0.25) is 0 Å². The Bertz CT molecular complexity index is 211. The zero-order valence-electron chi connectivity index (χ0n) is 10.1. The average molecular weight is 209 g/mol. The van der Waals surface area contributed by atoms with Gasteiger partial charge in [-0.05, 0) is 24.7 Å². The molecule has 0 atom stereocenters. The Kier molecular flexibility index (Phi) is 5.07. The summed E-state index contributed by atoms with van der Waals surface area (Å²) >= 11 is 0. The molecule has 15 heavy (non-hydrogen) atoms. The van der Waals surface area contributed by atoms with E-state index < -0.39 is 0 Å². The first-order valence-corrected chi connectivity index (χ1v) is 5.99. The molecule has 1 aliphatic heterocycles. The maximum Gasteiger partial charge on any atom is 0.0621 e. The fraction of sp³-hybridized carbons (Fsp3) is 0.917. The second-order valence-electron chi connectivity index (χ2n) is 5.20. The average Bonchev–Trinajstić information content (AvgIpc) is 2.25. The van der Waals surface area contributed by atoms with Gasteiger partial charge >= 0.3 is 0 Å². The highest BCUT2D eigenvalue weighted by Crippen LogP contribution is 2.21. The molecule has 1 fully saturated rings. The van der Waals surface area contributed by atoms with Crippen molar-refractivity contribution in [2.75, 3.05) is 19.6 Å². The summed E-state index contributed by atoms with van der Waals surface area (Å²) < 4.78 is 0. The maximum atomic E-state index is 8.57. The predicted octanol–water partition coefficient (Wildman–Crippen LogP) is 2.31. The number of rotatable bonds is 5. The molecule has 0 aliphatic carbocycles. The molecule has 1 heterocycles. The third-order valence-corrected chi connectivity index (χ3v) is 3.05. The van der Waals surface area contributed by atoms with Crippen LogP contribution in [-0.2, 0) is 0 Å². The maximum absolute atomic E-state index is 8.57. The Morgan fingerprint density at radius 1 is 1.27 bits per heavy atom. The summed E-state index contributed by atoms with van der Waals surface area (Å²) in [6.07, 6.45) is 5.63. The van der Waals surface area contributed by atoms with Crippen LogP contribution in [0, 0.1) is 16.7 Å². The lowest BCUT2D eigenvalue weighted by atomic mass is 9.88. The van der Waals surface area contributed by atoms with E-state index in [0.717, 1.165) is 13.0 Å². The van der Waals surface area contributed by atoms with Gasteiger partial charge < -0.3 is 0 Å². The molecule has 0 amide bonds. The standard InChI is InChI=1S/C12H23N3/c1-12(2,7-6-8-13)11-14-15-9-4-3-5-10-15/h14H,3-7,9-11H2,1-2H3. The van der Waals surface area contributed by atoms with Crippen LogP contribution < -0.4 is 5.43 Å². The number of piperidine rings is 1. The van der Waals surface area contributed by atoms with Crippen LogP contribution >= 0.6 is 0 Å². The highest BCUT2D eigenvalue weighted by Gasteiger charge is 2.19. The van der Waals surface area contributed by atoms with Gasteiger partial charge in [0.05, 0.1) is 6.07 Å². The van der Waals surface area contributed by atoms with Crippen LogP contribution in [0.1, 0.15) is 46.0 Å². The van der Waals surface area contributed by atoms with Gasteiger partial charge in [0, 0.05) is 26.1 Å². The molecule has 0 aromatic heterocycles. The van der Waals surface area contributed by atoms with Crippen molar-refractivity contribution in [2.24, 2.45) is 5.41 Å². The summed E-state index contributed by atoms with van der Waals surface area (Å²) in [5.41, 5.74) is 3.72. The van der Waals surface area contributed by atoms with Gasteiger partial charge in [-0.1, -0.05) is 20.3 Å². The largest absolute Gasteiger partial charge is 0.255 e. The minimum atomic E-state index is 0.229. The highest BCUT2D eigenvalue weighted by molar-refractivity contribution is 4.78. The number of nitriles is 1. The summed E-state index contributed by atoms with van der Waals surface area (Å²) in [5, 5.41) is 10.9. The van der Waals surface area contributed by atoms with Crippen LogP contribution in [0.15, 0.2) is 0 Å². The van der Waals surface area contributed by atoms with E-state index in [1.807, 2.05) is 0 Å². The van der Waals surface area contributed by atoms with Crippen molar-refractivity contribution < 1.29 is 0 Å². The van der Waals surface area contributed by atoms with Crippen molar-refractivity contribution in [3.8, 4) is 6.07 Å². The lowest BCUT2D eigenvalue weighted by molar-refractivity contribution is 0.124. The first-order chi connectivity index (χ1) is 7.14. The molecule has 0 bridgehead atoms. The number of nitrogens with zero attached hydrogens (tertiary/aromatic N) is 2.